The maximum absolute atomic E-state index is 6.44. The molecule has 0 aliphatic carbocycles. The first-order chi connectivity index (χ1) is 25.2. The minimum absolute atomic E-state index is 0.599. The minimum Gasteiger partial charge on any atom is -0.456 e. The van der Waals surface area contributed by atoms with E-state index in [4.69, 9.17) is 19.4 Å². The summed E-state index contributed by atoms with van der Waals surface area (Å²) in [7, 11) is 0. The molecule has 0 N–H and O–H groups in total. The molecule has 4 nitrogen and oxygen atoms in total. The summed E-state index contributed by atoms with van der Waals surface area (Å²) in [5, 5.41) is 6.62. The lowest BCUT2D eigenvalue weighted by atomic mass is 9.98. The van der Waals surface area contributed by atoms with Crippen molar-refractivity contribution in [3.05, 3.63) is 176 Å². The molecule has 0 atom stereocenters. The van der Waals surface area contributed by atoms with Crippen LogP contribution in [0, 0.1) is 0 Å². The summed E-state index contributed by atoms with van der Waals surface area (Å²) in [5.41, 5.74) is 9.03. The lowest BCUT2D eigenvalue weighted by Gasteiger charge is -2.10. The molecule has 2 heterocycles. The van der Waals surface area contributed by atoms with E-state index >= 15 is 0 Å². The van der Waals surface area contributed by atoms with Crippen LogP contribution in [0.25, 0.3) is 99.9 Å². The second-order valence-electron chi connectivity index (χ2n) is 12.9. The van der Waals surface area contributed by atoms with Crippen LogP contribution in [0.1, 0.15) is 0 Å². The number of rotatable bonds is 5. The predicted octanol–water partition coefficient (Wildman–Crippen LogP) is 12.4. The third-order valence-electron chi connectivity index (χ3n) is 9.71. The van der Waals surface area contributed by atoms with Gasteiger partial charge in [0.2, 0.25) is 0 Å². The maximum Gasteiger partial charge on any atom is 0.164 e. The Kier molecular flexibility index (Phi) is 6.78. The zero-order valence-corrected chi connectivity index (χ0v) is 27.5. The lowest BCUT2D eigenvalue weighted by Crippen LogP contribution is -2.00. The molecular weight excluding hydrogens is 623 g/mol. The Balaban J connectivity index is 1.15. The Morgan fingerprint density at radius 2 is 0.824 bits per heavy atom. The van der Waals surface area contributed by atoms with Crippen LogP contribution in [0.3, 0.4) is 0 Å². The van der Waals surface area contributed by atoms with Crippen LogP contribution in [0.2, 0.25) is 0 Å². The third kappa shape index (κ3) is 5.22. The van der Waals surface area contributed by atoms with E-state index in [1.165, 1.54) is 21.9 Å². The molecule has 4 heteroatoms. The van der Waals surface area contributed by atoms with Crippen LogP contribution >= 0.6 is 0 Å². The summed E-state index contributed by atoms with van der Waals surface area (Å²) >= 11 is 0. The van der Waals surface area contributed by atoms with Gasteiger partial charge >= 0.3 is 0 Å². The molecule has 0 aliphatic rings. The second kappa shape index (κ2) is 11.9. The van der Waals surface area contributed by atoms with Crippen LogP contribution in [0.15, 0.2) is 180 Å². The van der Waals surface area contributed by atoms with Crippen molar-refractivity contribution in [1.82, 2.24) is 15.0 Å². The van der Waals surface area contributed by atoms with Crippen molar-refractivity contribution in [2.24, 2.45) is 0 Å². The highest BCUT2D eigenvalue weighted by atomic mass is 16.3. The van der Waals surface area contributed by atoms with Crippen molar-refractivity contribution >= 4 is 43.5 Å². The molecule has 238 valence electrons. The monoisotopic (exact) mass is 651 g/mol. The van der Waals surface area contributed by atoms with Crippen LogP contribution in [0.5, 0.6) is 0 Å². The smallest absolute Gasteiger partial charge is 0.164 e. The Hall–Kier alpha value is -6.91. The van der Waals surface area contributed by atoms with Crippen LogP contribution in [-0.2, 0) is 0 Å². The average molecular weight is 652 g/mol. The van der Waals surface area contributed by atoms with Crippen LogP contribution in [-0.4, -0.2) is 15.0 Å². The molecular formula is C47H29N3O. The van der Waals surface area contributed by atoms with E-state index in [-0.39, 0.29) is 0 Å². The topological polar surface area (TPSA) is 51.8 Å². The summed E-state index contributed by atoms with van der Waals surface area (Å²) in [6.45, 7) is 0. The fourth-order valence-corrected chi connectivity index (χ4v) is 7.09. The highest BCUT2D eigenvalue weighted by molar-refractivity contribution is 6.12. The molecule has 0 radical (unpaired) electrons. The largest absolute Gasteiger partial charge is 0.456 e. The number of hydrogen-bond donors (Lipinski definition) is 0. The molecule has 0 bridgehead atoms. The van der Waals surface area contributed by atoms with E-state index < -0.39 is 0 Å². The first-order valence-electron chi connectivity index (χ1n) is 17.1. The highest BCUT2D eigenvalue weighted by Crippen LogP contribution is 2.39. The first kappa shape index (κ1) is 29.0. The van der Waals surface area contributed by atoms with Gasteiger partial charge in [0, 0.05) is 27.5 Å². The van der Waals surface area contributed by atoms with Gasteiger partial charge in [0.05, 0.1) is 0 Å². The molecule has 51 heavy (non-hydrogen) atoms. The number of furan rings is 1. The molecule has 0 aliphatic heterocycles. The number of nitrogens with zero attached hydrogens (tertiary/aromatic N) is 3. The predicted molar refractivity (Wildman–Crippen MR) is 209 cm³/mol. The van der Waals surface area contributed by atoms with Gasteiger partial charge in [-0.15, -0.1) is 0 Å². The minimum atomic E-state index is 0.599. The molecule has 0 saturated heterocycles. The average Bonchev–Trinajstić information content (AvgIpc) is 3.59. The lowest BCUT2D eigenvalue weighted by molar-refractivity contribution is 0.669. The molecule has 10 aromatic rings. The van der Waals surface area contributed by atoms with Gasteiger partial charge in [-0.2, -0.15) is 0 Å². The molecule has 8 aromatic carbocycles. The normalized spacial score (nSPS) is 11.5. The summed E-state index contributed by atoms with van der Waals surface area (Å²) in [6, 6.07) is 61.2. The molecule has 0 amide bonds. The third-order valence-corrected chi connectivity index (χ3v) is 9.71. The van der Waals surface area contributed by atoms with Crippen molar-refractivity contribution in [3.8, 4) is 56.4 Å². The Morgan fingerprint density at radius 3 is 1.47 bits per heavy atom. The van der Waals surface area contributed by atoms with Gasteiger partial charge in [-0.05, 0) is 74.1 Å². The molecule has 0 unspecified atom stereocenters. The van der Waals surface area contributed by atoms with Crippen molar-refractivity contribution in [2.75, 3.05) is 0 Å². The standard InChI is InChI=1S/C47H29N3O/c1-2-9-30(10-3-1)33-17-19-34(20-18-33)37-25-26-42-41(29-37)44-40(15-8-16-43(44)51-42)47-49-45(38-23-21-31-11-4-6-13-35(31)27-38)48-46(50-47)39-24-22-32-12-5-7-14-36(32)28-39/h1-29H. The highest BCUT2D eigenvalue weighted by Gasteiger charge is 2.19. The zero-order chi connectivity index (χ0) is 33.7. The molecule has 10 rings (SSSR count). The molecule has 0 spiro atoms. The van der Waals surface area contributed by atoms with Gasteiger partial charge in [-0.3, -0.25) is 0 Å². The van der Waals surface area contributed by atoms with Crippen molar-refractivity contribution < 1.29 is 4.42 Å². The zero-order valence-electron chi connectivity index (χ0n) is 27.5. The van der Waals surface area contributed by atoms with E-state index in [9.17, 15) is 0 Å². The summed E-state index contributed by atoms with van der Waals surface area (Å²) in [4.78, 5) is 15.4. The van der Waals surface area contributed by atoms with Crippen molar-refractivity contribution in [1.29, 1.82) is 0 Å². The van der Waals surface area contributed by atoms with Gasteiger partial charge in [-0.25, -0.2) is 15.0 Å². The summed E-state index contributed by atoms with van der Waals surface area (Å²) in [5.74, 6) is 1.85. The van der Waals surface area contributed by atoms with Gasteiger partial charge in [-0.1, -0.05) is 146 Å². The number of benzene rings is 8. The SMILES string of the molecule is c1ccc(-c2ccc(-c3ccc4oc5cccc(-c6nc(-c7ccc8ccccc8c7)nc(-c7ccc8ccccc8c7)n6)c5c4c3)cc2)cc1. The van der Waals surface area contributed by atoms with Gasteiger partial charge in [0.1, 0.15) is 11.2 Å². The van der Waals surface area contributed by atoms with Crippen molar-refractivity contribution in [2.45, 2.75) is 0 Å². The van der Waals surface area contributed by atoms with E-state index in [1.54, 1.807) is 0 Å². The van der Waals surface area contributed by atoms with Gasteiger partial charge in [0.15, 0.2) is 17.5 Å². The molecule has 2 aromatic heterocycles. The Bertz CT molecular complexity index is 2810. The maximum atomic E-state index is 6.44. The summed E-state index contributed by atoms with van der Waals surface area (Å²) in [6.07, 6.45) is 0. The van der Waals surface area contributed by atoms with Gasteiger partial charge in [0.25, 0.3) is 0 Å². The second-order valence-corrected chi connectivity index (χ2v) is 12.9. The Labute approximate surface area is 294 Å². The summed E-state index contributed by atoms with van der Waals surface area (Å²) < 4.78 is 6.44. The number of hydrogen-bond acceptors (Lipinski definition) is 4. The number of aromatic nitrogens is 3. The van der Waals surface area contributed by atoms with E-state index in [2.05, 4.69) is 158 Å². The van der Waals surface area contributed by atoms with Crippen LogP contribution < -0.4 is 0 Å². The van der Waals surface area contributed by atoms with Gasteiger partial charge < -0.3 is 4.42 Å². The fraction of sp³-hybridized carbons (Fsp3) is 0. The number of fused-ring (bicyclic) bond motifs is 5. The first-order valence-corrected chi connectivity index (χ1v) is 17.1. The fourth-order valence-electron chi connectivity index (χ4n) is 7.09. The quantitative estimate of drug-likeness (QED) is 0.186. The van der Waals surface area contributed by atoms with E-state index in [0.29, 0.717) is 17.5 Å². The molecule has 0 saturated carbocycles. The Morgan fingerprint density at radius 1 is 0.314 bits per heavy atom. The van der Waals surface area contributed by atoms with E-state index in [1.807, 2.05) is 18.2 Å². The van der Waals surface area contributed by atoms with E-state index in [0.717, 1.165) is 60.5 Å². The molecule has 0 fully saturated rings. The van der Waals surface area contributed by atoms with Crippen LogP contribution in [0.4, 0.5) is 0 Å². The van der Waals surface area contributed by atoms with Crippen molar-refractivity contribution in [3.63, 3.8) is 0 Å².